The zero-order valence-electron chi connectivity index (χ0n) is 15.9. The third-order valence-corrected chi connectivity index (χ3v) is 7.65. The van der Waals surface area contributed by atoms with Crippen molar-refractivity contribution in [3.05, 3.63) is 48.0 Å². The number of fused-ring (bicyclic) bond motifs is 1. The lowest BCUT2D eigenvalue weighted by atomic mass is 10.1. The highest BCUT2D eigenvalue weighted by Gasteiger charge is 2.27. The Morgan fingerprint density at radius 2 is 1.96 bits per heavy atom. The van der Waals surface area contributed by atoms with E-state index in [-0.39, 0.29) is 27.7 Å². The number of amides is 2. The van der Waals surface area contributed by atoms with Crippen molar-refractivity contribution in [1.29, 1.82) is 0 Å². The second-order valence-corrected chi connectivity index (χ2v) is 10.3. The number of anilines is 2. The highest BCUT2D eigenvalue weighted by molar-refractivity contribution is 8.01. The fraction of sp³-hybridized carbons (Fsp3) is 0.300. The highest BCUT2D eigenvalue weighted by Crippen LogP contribution is 2.37. The number of benzene rings is 2. The van der Waals surface area contributed by atoms with E-state index in [1.807, 2.05) is 25.1 Å². The summed E-state index contributed by atoms with van der Waals surface area (Å²) in [6.07, 6.45) is 0. The van der Waals surface area contributed by atoms with Crippen molar-refractivity contribution in [2.75, 3.05) is 16.4 Å². The Morgan fingerprint density at radius 1 is 1.25 bits per heavy atom. The molecule has 0 bridgehead atoms. The molecule has 2 N–H and O–H groups in total. The Hall–Kier alpha value is -2.32. The molecule has 0 saturated heterocycles. The van der Waals surface area contributed by atoms with Crippen LogP contribution in [0.5, 0.6) is 0 Å². The molecule has 2 atom stereocenters. The van der Waals surface area contributed by atoms with Gasteiger partial charge in [0.1, 0.15) is 0 Å². The number of para-hydroxylation sites is 1. The predicted molar refractivity (Wildman–Crippen MR) is 111 cm³/mol. The smallest absolute Gasteiger partial charge is 0.237 e. The minimum atomic E-state index is -3.69. The number of hydrogen-bond acceptors (Lipinski definition) is 5. The SMILES string of the molecule is Cc1ccccc1NC(=O)[C@H](C)CS(=O)(=O)c1ccc2c(c1)NC(=O)[C@H](C)S2. The number of aryl methyl sites for hydroxylation is 1. The van der Waals surface area contributed by atoms with Crippen molar-refractivity contribution in [2.45, 2.75) is 35.8 Å². The van der Waals surface area contributed by atoms with Crippen LogP contribution in [0.3, 0.4) is 0 Å². The molecule has 2 aromatic carbocycles. The zero-order valence-corrected chi connectivity index (χ0v) is 17.5. The molecule has 28 heavy (non-hydrogen) atoms. The van der Waals surface area contributed by atoms with Crippen LogP contribution in [0.4, 0.5) is 11.4 Å². The monoisotopic (exact) mass is 418 g/mol. The van der Waals surface area contributed by atoms with Gasteiger partial charge in [-0.25, -0.2) is 8.42 Å². The molecule has 2 amide bonds. The van der Waals surface area contributed by atoms with Gasteiger partial charge in [0.2, 0.25) is 11.8 Å². The van der Waals surface area contributed by atoms with Gasteiger partial charge in [0.25, 0.3) is 0 Å². The number of nitrogens with one attached hydrogen (secondary N) is 2. The molecule has 2 aromatic rings. The van der Waals surface area contributed by atoms with Crippen molar-refractivity contribution >= 4 is 44.8 Å². The highest BCUT2D eigenvalue weighted by atomic mass is 32.2. The van der Waals surface area contributed by atoms with Gasteiger partial charge in [-0.05, 0) is 43.7 Å². The van der Waals surface area contributed by atoms with Gasteiger partial charge in [0.05, 0.1) is 21.6 Å². The first kappa shape index (κ1) is 20.4. The zero-order chi connectivity index (χ0) is 20.5. The Bertz CT molecular complexity index is 1030. The number of sulfone groups is 1. The quantitative estimate of drug-likeness (QED) is 0.776. The van der Waals surface area contributed by atoms with Crippen molar-refractivity contribution < 1.29 is 18.0 Å². The summed E-state index contributed by atoms with van der Waals surface area (Å²) in [6.45, 7) is 5.25. The van der Waals surface area contributed by atoms with E-state index in [2.05, 4.69) is 10.6 Å². The first-order chi connectivity index (χ1) is 13.2. The van der Waals surface area contributed by atoms with Crippen molar-refractivity contribution in [2.24, 2.45) is 5.92 Å². The fourth-order valence-corrected chi connectivity index (χ4v) is 5.36. The van der Waals surface area contributed by atoms with Crippen LogP contribution in [0.2, 0.25) is 0 Å². The normalized spacial score (nSPS) is 17.4. The van der Waals surface area contributed by atoms with Crippen LogP contribution in [0.15, 0.2) is 52.3 Å². The number of thioether (sulfide) groups is 1. The molecule has 1 aliphatic heterocycles. The summed E-state index contributed by atoms with van der Waals surface area (Å²) in [5.74, 6) is -1.56. The maximum atomic E-state index is 12.8. The minimum absolute atomic E-state index is 0.0947. The van der Waals surface area contributed by atoms with Gasteiger partial charge in [-0.3, -0.25) is 9.59 Å². The standard InChI is InChI=1S/C20H22N2O4S2/c1-12-6-4-5-7-16(12)21-19(23)13(2)11-28(25,26)15-8-9-18-17(10-15)22-20(24)14(3)27-18/h4-10,13-14H,11H2,1-3H3,(H,21,23)(H,22,24)/t13-,14+/m1/s1. The molecule has 0 unspecified atom stereocenters. The summed E-state index contributed by atoms with van der Waals surface area (Å²) in [5, 5.41) is 5.29. The predicted octanol–water partition coefficient (Wildman–Crippen LogP) is 3.48. The molecule has 3 rings (SSSR count). The van der Waals surface area contributed by atoms with Crippen molar-refractivity contribution in [3.63, 3.8) is 0 Å². The van der Waals surface area contributed by atoms with Crippen LogP contribution >= 0.6 is 11.8 Å². The summed E-state index contributed by atoms with van der Waals surface area (Å²) in [5.41, 5.74) is 2.06. The summed E-state index contributed by atoms with van der Waals surface area (Å²) < 4.78 is 25.6. The van der Waals surface area contributed by atoms with Crippen LogP contribution < -0.4 is 10.6 Å². The van der Waals surface area contributed by atoms with E-state index in [0.717, 1.165) is 10.5 Å². The van der Waals surface area contributed by atoms with Crippen LogP contribution in [-0.2, 0) is 19.4 Å². The first-order valence-corrected chi connectivity index (χ1v) is 11.4. The largest absolute Gasteiger partial charge is 0.326 e. The minimum Gasteiger partial charge on any atom is -0.326 e. The number of carbonyl (C=O) groups excluding carboxylic acids is 2. The first-order valence-electron chi connectivity index (χ1n) is 8.88. The molecule has 148 valence electrons. The van der Waals surface area contributed by atoms with Crippen LogP contribution in [0, 0.1) is 12.8 Å². The van der Waals surface area contributed by atoms with Crippen LogP contribution in [0.1, 0.15) is 19.4 Å². The molecule has 6 nitrogen and oxygen atoms in total. The third kappa shape index (κ3) is 4.39. The second kappa shape index (κ2) is 7.97. The molecule has 0 aliphatic carbocycles. The Morgan fingerprint density at radius 3 is 2.68 bits per heavy atom. The molecule has 8 heteroatoms. The summed E-state index contributed by atoms with van der Waals surface area (Å²) >= 11 is 1.39. The number of carbonyl (C=O) groups is 2. The lowest BCUT2D eigenvalue weighted by molar-refractivity contribution is -0.119. The second-order valence-electron chi connectivity index (χ2n) is 6.89. The van der Waals surface area contributed by atoms with Gasteiger partial charge >= 0.3 is 0 Å². The van der Waals surface area contributed by atoms with Gasteiger partial charge in [-0.2, -0.15) is 0 Å². The molecule has 0 aromatic heterocycles. The molecule has 0 fully saturated rings. The summed E-state index contributed by atoms with van der Waals surface area (Å²) in [7, 11) is -3.69. The lowest BCUT2D eigenvalue weighted by Gasteiger charge is -2.22. The van der Waals surface area contributed by atoms with Crippen LogP contribution in [0.25, 0.3) is 0 Å². The summed E-state index contributed by atoms with van der Waals surface area (Å²) in [6, 6.07) is 12.0. The maximum absolute atomic E-state index is 12.8. The Balaban J connectivity index is 1.74. The third-order valence-electron chi connectivity index (χ3n) is 4.56. The Labute approximate surface area is 169 Å². The molecular formula is C20H22N2O4S2. The molecular weight excluding hydrogens is 396 g/mol. The average molecular weight is 419 g/mol. The van der Waals surface area contributed by atoms with Crippen LogP contribution in [-0.4, -0.2) is 31.2 Å². The molecule has 0 saturated carbocycles. The average Bonchev–Trinajstić information content (AvgIpc) is 2.63. The van der Waals surface area contributed by atoms with E-state index >= 15 is 0 Å². The van der Waals surface area contributed by atoms with Gasteiger partial charge in [0, 0.05) is 16.5 Å². The van der Waals surface area contributed by atoms with Crippen molar-refractivity contribution in [3.8, 4) is 0 Å². The maximum Gasteiger partial charge on any atom is 0.237 e. The molecule has 0 radical (unpaired) electrons. The fourth-order valence-electron chi connectivity index (χ4n) is 2.85. The summed E-state index contributed by atoms with van der Waals surface area (Å²) in [4.78, 5) is 25.2. The van der Waals surface area contributed by atoms with E-state index in [0.29, 0.717) is 11.4 Å². The molecule has 1 aliphatic rings. The van der Waals surface area contributed by atoms with E-state index in [4.69, 9.17) is 0 Å². The molecule has 0 spiro atoms. The number of hydrogen-bond donors (Lipinski definition) is 2. The molecule has 1 heterocycles. The van der Waals surface area contributed by atoms with E-state index in [9.17, 15) is 18.0 Å². The van der Waals surface area contributed by atoms with E-state index in [1.54, 1.807) is 26.0 Å². The van der Waals surface area contributed by atoms with E-state index < -0.39 is 15.8 Å². The Kier molecular flexibility index (Phi) is 5.81. The lowest BCUT2D eigenvalue weighted by Crippen LogP contribution is -2.28. The van der Waals surface area contributed by atoms with E-state index in [1.165, 1.54) is 23.9 Å². The topological polar surface area (TPSA) is 92.3 Å². The van der Waals surface area contributed by atoms with Gasteiger partial charge in [-0.15, -0.1) is 11.8 Å². The van der Waals surface area contributed by atoms with Gasteiger partial charge in [0.15, 0.2) is 9.84 Å². The van der Waals surface area contributed by atoms with Crippen molar-refractivity contribution in [1.82, 2.24) is 0 Å². The number of rotatable bonds is 5. The van der Waals surface area contributed by atoms with Gasteiger partial charge < -0.3 is 10.6 Å². The van der Waals surface area contributed by atoms with Gasteiger partial charge in [-0.1, -0.05) is 25.1 Å².